The number of carbonyl (C=O) groups excluding carboxylic acids is 1. The molecule has 0 unspecified atom stereocenters. The van der Waals surface area contributed by atoms with Crippen LogP contribution in [-0.2, 0) is 16.6 Å². The molecule has 0 spiro atoms. The molecule has 4 rings (SSSR count). The van der Waals surface area contributed by atoms with Gasteiger partial charge in [0.1, 0.15) is 0 Å². The molecule has 1 aromatic carbocycles. The number of allylic oxidation sites excluding steroid dienone is 1. The number of phenolic OH excluding ortho intramolecular Hbond substituents is 1. The predicted octanol–water partition coefficient (Wildman–Crippen LogP) is 2.04. The number of hydrogen-bond donors (Lipinski definition) is 1. The van der Waals surface area contributed by atoms with E-state index in [4.69, 9.17) is 4.74 Å². The van der Waals surface area contributed by atoms with Crippen LogP contribution in [0.3, 0.4) is 0 Å². The lowest BCUT2D eigenvalue weighted by molar-refractivity contribution is -0.118. The molecule has 1 fully saturated rings. The van der Waals surface area contributed by atoms with Gasteiger partial charge in [-0.05, 0) is 44.1 Å². The minimum absolute atomic E-state index is 0.162. The average Bonchev–Trinajstić information content (AvgIpc) is 2.50. The van der Waals surface area contributed by atoms with E-state index >= 15 is 0 Å². The van der Waals surface area contributed by atoms with Crippen molar-refractivity contribution in [2.75, 3.05) is 20.7 Å². The van der Waals surface area contributed by atoms with Crippen LogP contribution in [0, 0.1) is 5.92 Å². The van der Waals surface area contributed by atoms with Gasteiger partial charge in [-0.2, -0.15) is 0 Å². The average molecular weight is 299 g/mol. The number of nitrogens with zero attached hydrogens (tertiary/aromatic N) is 1. The zero-order valence-corrected chi connectivity index (χ0v) is 13.0. The lowest BCUT2D eigenvalue weighted by Crippen LogP contribution is -2.59. The molecule has 1 saturated heterocycles. The first-order valence-electron chi connectivity index (χ1n) is 7.87. The van der Waals surface area contributed by atoms with Gasteiger partial charge in [-0.3, -0.25) is 4.79 Å². The first kappa shape index (κ1) is 13.8. The molecule has 0 radical (unpaired) electrons. The maximum atomic E-state index is 12.2. The van der Waals surface area contributed by atoms with E-state index in [-0.39, 0.29) is 22.9 Å². The van der Waals surface area contributed by atoms with Crippen molar-refractivity contribution in [1.82, 2.24) is 4.90 Å². The van der Waals surface area contributed by atoms with Gasteiger partial charge in [0.25, 0.3) is 0 Å². The van der Waals surface area contributed by atoms with Crippen molar-refractivity contribution in [2.45, 2.75) is 30.7 Å². The molecular weight excluding hydrogens is 278 g/mol. The highest BCUT2D eigenvalue weighted by molar-refractivity contribution is 5.92. The van der Waals surface area contributed by atoms with Gasteiger partial charge >= 0.3 is 0 Å². The van der Waals surface area contributed by atoms with Crippen molar-refractivity contribution in [3.05, 3.63) is 35.4 Å². The molecule has 0 saturated carbocycles. The smallest absolute Gasteiger partial charge is 0.161 e. The van der Waals surface area contributed by atoms with Gasteiger partial charge in [-0.15, -0.1) is 0 Å². The van der Waals surface area contributed by atoms with Crippen LogP contribution < -0.4 is 4.74 Å². The van der Waals surface area contributed by atoms with E-state index in [1.807, 2.05) is 6.07 Å². The second-order valence-corrected chi connectivity index (χ2v) is 6.84. The van der Waals surface area contributed by atoms with E-state index in [9.17, 15) is 9.90 Å². The van der Waals surface area contributed by atoms with E-state index in [1.54, 1.807) is 13.2 Å². The molecule has 2 aliphatic carbocycles. The fourth-order valence-corrected chi connectivity index (χ4v) is 4.84. The van der Waals surface area contributed by atoms with Crippen LogP contribution in [0.5, 0.6) is 11.5 Å². The normalized spacial score (nSPS) is 33.3. The molecule has 116 valence electrons. The fourth-order valence-electron chi connectivity index (χ4n) is 4.84. The lowest BCUT2D eigenvalue weighted by Gasteiger charge is -2.56. The number of ether oxygens (including phenoxy) is 1. The molecule has 2 bridgehead atoms. The molecular formula is C18H21NO3. The van der Waals surface area contributed by atoms with E-state index in [2.05, 4.69) is 24.1 Å². The molecule has 3 aliphatic rings. The van der Waals surface area contributed by atoms with Gasteiger partial charge in [0, 0.05) is 29.4 Å². The van der Waals surface area contributed by atoms with Gasteiger partial charge in [0.2, 0.25) is 0 Å². The molecule has 0 aromatic heterocycles. The van der Waals surface area contributed by atoms with E-state index < -0.39 is 0 Å². The quantitative estimate of drug-likeness (QED) is 0.862. The summed E-state index contributed by atoms with van der Waals surface area (Å²) in [5.74, 6) is 1.19. The first-order valence-corrected chi connectivity index (χ1v) is 7.87. The Labute approximate surface area is 130 Å². The number of rotatable bonds is 1. The van der Waals surface area contributed by atoms with Crippen molar-refractivity contribution in [1.29, 1.82) is 0 Å². The summed E-state index contributed by atoms with van der Waals surface area (Å²) in [6.45, 7) is 0.957. The van der Waals surface area contributed by atoms with Crippen LogP contribution in [0.25, 0.3) is 0 Å². The Balaban J connectivity index is 1.98. The summed E-state index contributed by atoms with van der Waals surface area (Å²) in [5, 5.41) is 10.8. The number of hydrogen-bond acceptors (Lipinski definition) is 4. The monoisotopic (exact) mass is 299 g/mol. The SMILES string of the molecule is COc1ccc2c(c1O)[C@]13CCN(C)[C@@H](C2)[C@@H]1C=CC(=O)C3. The van der Waals surface area contributed by atoms with Crippen LogP contribution in [0.4, 0.5) is 0 Å². The standard InChI is InChI=1S/C18H21NO3/c1-19-8-7-18-10-12(20)4-5-13(18)14(19)9-11-3-6-15(22-2)17(21)16(11)18/h3-6,13-14,21H,7-10H2,1-2H3/t13-,14-,18-/m0/s1. The molecule has 1 N–H and O–H groups in total. The van der Waals surface area contributed by atoms with E-state index in [1.165, 1.54) is 0 Å². The highest BCUT2D eigenvalue weighted by Gasteiger charge is 2.54. The van der Waals surface area contributed by atoms with Crippen molar-refractivity contribution in [3.8, 4) is 11.5 Å². The van der Waals surface area contributed by atoms with Gasteiger partial charge in [-0.1, -0.05) is 12.1 Å². The van der Waals surface area contributed by atoms with Crippen LogP contribution in [-0.4, -0.2) is 42.5 Å². The predicted molar refractivity (Wildman–Crippen MR) is 83.3 cm³/mol. The van der Waals surface area contributed by atoms with Gasteiger partial charge in [-0.25, -0.2) is 0 Å². The minimum Gasteiger partial charge on any atom is -0.504 e. The maximum absolute atomic E-state index is 12.2. The van der Waals surface area contributed by atoms with Crippen LogP contribution in [0.2, 0.25) is 0 Å². The van der Waals surface area contributed by atoms with Gasteiger partial charge in [0.15, 0.2) is 17.3 Å². The molecule has 1 aromatic rings. The number of piperidine rings is 1. The van der Waals surface area contributed by atoms with E-state index in [0.29, 0.717) is 18.2 Å². The van der Waals surface area contributed by atoms with Crippen LogP contribution >= 0.6 is 0 Å². The first-order chi connectivity index (χ1) is 10.6. The number of phenols is 1. The molecule has 1 heterocycles. The summed E-state index contributed by atoms with van der Waals surface area (Å²) in [5.41, 5.74) is 1.85. The number of likely N-dealkylation sites (tertiary alicyclic amines) is 1. The Morgan fingerprint density at radius 2 is 2.23 bits per heavy atom. The number of fused-ring (bicyclic) bond motifs is 1. The van der Waals surface area contributed by atoms with Crippen molar-refractivity contribution in [3.63, 3.8) is 0 Å². The fraction of sp³-hybridized carbons (Fsp3) is 0.500. The highest BCUT2D eigenvalue weighted by atomic mass is 16.5. The second kappa shape index (κ2) is 4.59. The lowest BCUT2D eigenvalue weighted by atomic mass is 9.53. The molecule has 1 aliphatic heterocycles. The molecule has 3 atom stereocenters. The second-order valence-electron chi connectivity index (χ2n) is 6.84. The number of aromatic hydroxyl groups is 1. The molecule has 4 heteroatoms. The number of benzene rings is 1. The van der Waals surface area contributed by atoms with Gasteiger partial charge in [0.05, 0.1) is 7.11 Å². The van der Waals surface area contributed by atoms with Crippen LogP contribution in [0.15, 0.2) is 24.3 Å². The Hall–Kier alpha value is -1.81. The summed E-state index contributed by atoms with van der Waals surface area (Å²) in [7, 11) is 3.73. The minimum atomic E-state index is -0.269. The largest absolute Gasteiger partial charge is 0.504 e. The van der Waals surface area contributed by atoms with Crippen LogP contribution in [0.1, 0.15) is 24.0 Å². The topological polar surface area (TPSA) is 49.8 Å². The van der Waals surface area contributed by atoms with E-state index in [0.717, 1.165) is 30.5 Å². The third kappa shape index (κ3) is 1.64. The summed E-state index contributed by atoms with van der Waals surface area (Å²) < 4.78 is 5.31. The zero-order chi connectivity index (χ0) is 15.5. The Kier molecular flexibility index (Phi) is 2.89. The summed E-state index contributed by atoms with van der Waals surface area (Å²) in [6.07, 6.45) is 6.11. The molecule has 0 amide bonds. The maximum Gasteiger partial charge on any atom is 0.161 e. The third-order valence-electron chi connectivity index (χ3n) is 5.88. The summed E-state index contributed by atoms with van der Waals surface area (Å²) in [6, 6.07) is 4.29. The van der Waals surface area contributed by atoms with Gasteiger partial charge < -0.3 is 14.7 Å². The summed E-state index contributed by atoms with van der Waals surface area (Å²) in [4.78, 5) is 14.6. The Bertz CT molecular complexity index is 681. The number of likely N-dealkylation sites (N-methyl/N-ethyl adjacent to an activating group) is 1. The highest BCUT2D eigenvalue weighted by Crippen LogP contribution is 2.56. The Morgan fingerprint density at radius 1 is 1.41 bits per heavy atom. The zero-order valence-electron chi connectivity index (χ0n) is 13.0. The Morgan fingerprint density at radius 3 is 3.00 bits per heavy atom. The van der Waals surface area contributed by atoms with Crippen molar-refractivity contribution < 1.29 is 14.6 Å². The van der Waals surface area contributed by atoms with Crippen molar-refractivity contribution in [2.24, 2.45) is 5.92 Å². The third-order valence-corrected chi connectivity index (χ3v) is 5.88. The summed E-state index contributed by atoms with van der Waals surface area (Å²) >= 11 is 0. The molecule has 22 heavy (non-hydrogen) atoms. The molecule has 4 nitrogen and oxygen atoms in total. The number of ketones is 1. The number of carbonyl (C=O) groups is 1. The van der Waals surface area contributed by atoms with Crippen molar-refractivity contribution >= 4 is 5.78 Å². The number of methoxy groups -OCH3 is 1.